The van der Waals surface area contributed by atoms with E-state index in [4.69, 9.17) is 0 Å². The maximum Gasteiger partial charge on any atom is 0.204 e. The molecule has 0 aromatic rings. The molecule has 0 amide bonds. The van der Waals surface area contributed by atoms with Crippen LogP contribution in [0.5, 0.6) is 0 Å². The normalized spacial score (nSPS) is 36.0. The molecule has 0 saturated carbocycles. The smallest absolute Gasteiger partial charge is 0.204 e. The number of halogens is 1. The molecule has 0 radical (unpaired) electrons. The summed E-state index contributed by atoms with van der Waals surface area (Å²) < 4.78 is 17.1. The van der Waals surface area contributed by atoms with Gasteiger partial charge in [-0.1, -0.05) is 20.8 Å². The predicted octanol–water partition coefficient (Wildman–Crippen LogP) is 1.97. The molecule has 2 heteroatoms. The molecule has 54 valence electrons. The van der Waals surface area contributed by atoms with Crippen LogP contribution in [0.25, 0.3) is 0 Å². The Morgan fingerprint density at radius 2 is 2.00 bits per heavy atom. The predicted molar refractivity (Wildman–Crippen MR) is 33.8 cm³/mol. The molecule has 0 bridgehead atoms. The summed E-state index contributed by atoms with van der Waals surface area (Å²) >= 11 is 0. The fourth-order valence-electron chi connectivity index (χ4n) is 0.908. The number of ether oxygens (including phenoxy) is 1. The lowest BCUT2D eigenvalue weighted by atomic mass is 9.79. The highest BCUT2D eigenvalue weighted by molar-refractivity contribution is 4.81. The molecule has 0 spiro atoms. The lowest BCUT2D eigenvalue weighted by molar-refractivity contribution is -0.219. The zero-order chi connectivity index (χ0) is 7.07. The second-order valence-electron chi connectivity index (χ2n) is 3.66. The Labute approximate surface area is 55.2 Å². The topological polar surface area (TPSA) is 9.23 Å². The molecular formula is C7H13FO. The Balaban J connectivity index is 2.44. The third-order valence-electron chi connectivity index (χ3n) is 1.86. The molecule has 1 rings (SSSR count). The number of hydrogen-bond acceptors (Lipinski definition) is 1. The number of hydrogen-bond donors (Lipinski definition) is 0. The molecule has 0 N–H and O–H groups in total. The van der Waals surface area contributed by atoms with E-state index in [1.807, 2.05) is 20.8 Å². The van der Waals surface area contributed by atoms with Crippen LogP contribution in [0.2, 0.25) is 0 Å². The summed E-state index contributed by atoms with van der Waals surface area (Å²) in [6.45, 7) is 6.69. The van der Waals surface area contributed by atoms with Gasteiger partial charge in [0.25, 0.3) is 0 Å². The van der Waals surface area contributed by atoms with Crippen molar-refractivity contribution < 1.29 is 9.13 Å². The summed E-state index contributed by atoms with van der Waals surface area (Å²) in [6.07, 6.45) is -1.01. The van der Waals surface area contributed by atoms with Crippen LogP contribution in [0.4, 0.5) is 4.39 Å². The van der Waals surface area contributed by atoms with Crippen molar-refractivity contribution in [2.45, 2.75) is 27.1 Å². The molecule has 2 unspecified atom stereocenters. The first-order valence-electron chi connectivity index (χ1n) is 3.27. The van der Waals surface area contributed by atoms with E-state index < -0.39 is 6.36 Å². The van der Waals surface area contributed by atoms with Crippen LogP contribution in [-0.4, -0.2) is 13.0 Å². The van der Waals surface area contributed by atoms with Crippen LogP contribution >= 0.6 is 0 Å². The first kappa shape index (κ1) is 7.00. The van der Waals surface area contributed by atoms with Gasteiger partial charge >= 0.3 is 0 Å². The molecule has 0 aromatic carbocycles. The molecule has 9 heavy (non-hydrogen) atoms. The molecule has 2 atom stereocenters. The fourth-order valence-corrected chi connectivity index (χ4v) is 0.908. The molecular weight excluding hydrogens is 119 g/mol. The van der Waals surface area contributed by atoms with Crippen molar-refractivity contribution >= 4 is 0 Å². The highest BCUT2D eigenvalue weighted by atomic mass is 19.1. The molecule has 0 aliphatic carbocycles. The quantitative estimate of drug-likeness (QED) is 0.489. The second kappa shape index (κ2) is 1.94. The van der Waals surface area contributed by atoms with Crippen LogP contribution in [0.1, 0.15) is 20.8 Å². The van der Waals surface area contributed by atoms with Gasteiger partial charge in [0.1, 0.15) is 0 Å². The van der Waals surface area contributed by atoms with E-state index in [2.05, 4.69) is 4.74 Å². The monoisotopic (exact) mass is 132 g/mol. The van der Waals surface area contributed by atoms with Crippen molar-refractivity contribution in [3.63, 3.8) is 0 Å². The van der Waals surface area contributed by atoms with E-state index in [1.165, 1.54) is 0 Å². The molecule has 1 aliphatic rings. The van der Waals surface area contributed by atoms with Crippen LogP contribution in [0.15, 0.2) is 0 Å². The molecule has 1 saturated heterocycles. The zero-order valence-electron chi connectivity index (χ0n) is 6.15. The Morgan fingerprint density at radius 1 is 1.44 bits per heavy atom. The van der Waals surface area contributed by atoms with Gasteiger partial charge < -0.3 is 4.74 Å². The molecule has 1 fully saturated rings. The van der Waals surface area contributed by atoms with Crippen molar-refractivity contribution in [2.24, 2.45) is 11.3 Å². The summed E-state index contributed by atoms with van der Waals surface area (Å²) in [7, 11) is 0. The molecule has 0 aromatic heterocycles. The van der Waals surface area contributed by atoms with Crippen LogP contribution in [0, 0.1) is 11.3 Å². The average molecular weight is 132 g/mol. The number of rotatable bonds is 0. The van der Waals surface area contributed by atoms with Crippen molar-refractivity contribution in [3.05, 3.63) is 0 Å². The van der Waals surface area contributed by atoms with Crippen molar-refractivity contribution in [2.75, 3.05) is 6.61 Å². The Kier molecular flexibility index (Phi) is 1.51. The minimum Gasteiger partial charge on any atom is -0.347 e. The van der Waals surface area contributed by atoms with Crippen LogP contribution < -0.4 is 0 Å². The highest BCUT2D eigenvalue weighted by Crippen LogP contribution is 2.37. The second-order valence-corrected chi connectivity index (χ2v) is 3.66. The van der Waals surface area contributed by atoms with Gasteiger partial charge in [-0.25, -0.2) is 4.39 Å². The summed E-state index contributed by atoms with van der Waals surface area (Å²) in [5.74, 6) is 0.109. The van der Waals surface area contributed by atoms with Gasteiger partial charge in [0.05, 0.1) is 6.61 Å². The third-order valence-corrected chi connectivity index (χ3v) is 1.86. The van der Waals surface area contributed by atoms with Gasteiger partial charge in [0, 0.05) is 5.92 Å². The van der Waals surface area contributed by atoms with Crippen molar-refractivity contribution in [1.82, 2.24) is 0 Å². The van der Waals surface area contributed by atoms with Gasteiger partial charge in [0.15, 0.2) is 0 Å². The van der Waals surface area contributed by atoms with E-state index in [-0.39, 0.29) is 11.3 Å². The Bertz CT molecular complexity index is 106. The minimum atomic E-state index is -1.01. The van der Waals surface area contributed by atoms with E-state index in [0.717, 1.165) is 0 Å². The lowest BCUT2D eigenvalue weighted by Crippen LogP contribution is -2.44. The van der Waals surface area contributed by atoms with Crippen LogP contribution in [-0.2, 0) is 4.74 Å². The first-order valence-corrected chi connectivity index (χ1v) is 3.27. The molecule has 1 nitrogen and oxygen atoms in total. The summed E-state index contributed by atoms with van der Waals surface area (Å²) in [6, 6.07) is 0. The molecule has 1 heterocycles. The van der Waals surface area contributed by atoms with Crippen molar-refractivity contribution in [1.29, 1.82) is 0 Å². The van der Waals surface area contributed by atoms with E-state index in [9.17, 15) is 4.39 Å². The standard InChI is InChI=1S/C7H13FO/c1-7(2,3)5-4-9-6(5)8/h5-6H,4H2,1-3H3. The molecule has 1 aliphatic heterocycles. The maximum absolute atomic E-state index is 12.5. The van der Waals surface area contributed by atoms with Gasteiger partial charge in [-0.15, -0.1) is 0 Å². The van der Waals surface area contributed by atoms with Gasteiger partial charge in [-0.2, -0.15) is 0 Å². The maximum atomic E-state index is 12.5. The Hall–Kier alpha value is -0.110. The van der Waals surface area contributed by atoms with Crippen molar-refractivity contribution in [3.8, 4) is 0 Å². The largest absolute Gasteiger partial charge is 0.347 e. The van der Waals surface area contributed by atoms with E-state index >= 15 is 0 Å². The average Bonchev–Trinajstić information content (AvgIpc) is 1.57. The number of alkyl halides is 1. The van der Waals surface area contributed by atoms with Gasteiger partial charge in [-0.3, -0.25) is 0 Å². The summed E-state index contributed by atoms with van der Waals surface area (Å²) in [4.78, 5) is 0. The Morgan fingerprint density at radius 3 is 2.00 bits per heavy atom. The SMILES string of the molecule is CC(C)(C)C1COC1F. The highest BCUT2D eigenvalue weighted by Gasteiger charge is 2.40. The van der Waals surface area contributed by atoms with Crippen LogP contribution in [0.3, 0.4) is 0 Å². The first-order chi connectivity index (χ1) is 4.02. The summed E-state index contributed by atoms with van der Waals surface area (Å²) in [5.41, 5.74) is 0.0671. The summed E-state index contributed by atoms with van der Waals surface area (Å²) in [5, 5.41) is 0. The van der Waals surface area contributed by atoms with Gasteiger partial charge in [-0.05, 0) is 5.41 Å². The fraction of sp³-hybridized carbons (Fsp3) is 1.00. The minimum absolute atomic E-state index is 0.0671. The van der Waals surface area contributed by atoms with E-state index in [1.54, 1.807) is 0 Å². The third kappa shape index (κ3) is 1.23. The lowest BCUT2D eigenvalue weighted by Gasteiger charge is -2.40. The van der Waals surface area contributed by atoms with Gasteiger partial charge in [0.2, 0.25) is 6.36 Å². The van der Waals surface area contributed by atoms with E-state index in [0.29, 0.717) is 6.61 Å². The zero-order valence-corrected chi connectivity index (χ0v) is 6.15.